The Kier molecular flexibility index (Phi) is 5.40. The normalized spacial score (nSPS) is 19.6. The summed E-state index contributed by atoms with van der Waals surface area (Å²) in [4.78, 5) is 13.5. The van der Waals surface area contributed by atoms with E-state index in [1.807, 2.05) is 25.8 Å². The van der Waals surface area contributed by atoms with Crippen LogP contribution in [-0.4, -0.2) is 47.7 Å². The molecule has 0 heterocycles. The van der Waals surface area contributed by atoms with E-state index < -0.39 is 5.60 Å². The van der Waals surface area contributed by atoms with Gasteiger partial charge in [-0.05, 0) is 33.7 Å². The minimum absolute atomic E-state index is 0.0295. The molecule has 17 heavy (non-hydrogen) atoms. The highest BCUT2D eigenvalue weighted by Gasteiger charge is 2.30. The van der Waals surface area contributed by atoms with Crippen LogP contribution in [0.2, 0.25) is 0 Å². The number of aliphatic hydroxyl groups is 1. The summed E-state index contributed by atoms with van der Waals surface area (Å²) in [6, 6.07) is 0.175. The fraction of sp³-hybridized carbons (Fsp3) is 0.923. The number of carbonyl (C=O) groups is 1. The van der Waals surface area contributed by atoms with Crippen LogP contribution in [0.4, 0.5) is 0 Å². The van der Waals surface area contributed by atoms with Crippen molar-refractivity contribution in [2.24, 2.45) is 0 Å². The van der Waals surface area contributed by atoms with Crippen LogP contribution in [0, 0.1) is 0 Å². The van der Waals surface area contributed by atoms with E-state index in [0.29, 0.717) is 13.1 Å². The number of likely N-dealkylation sites (N-methyl/N-ethyl adjacent to an activating group) is 1. The van der Waals surface area contributed by atoms with Crippen molar-refractivity contribution in [3.05, 3.63) is 0 Å². The van der Waals surface area contributed by atoms with E-state index in [4.69, 9.17) is 0 Å². The van der Waals surface area contributed by atoms with E-state index in [1.165, 1.54) is 6.42 Å². The molecule has 1 aliphatic rings. The summed E-state index contributed by atoms with van der Waals surface area (Å²) in [6.07, 6.45) is 5.15. The molecule has 4 nitrogen and oxygen atoms in total. The fourth-order valence-corrected chi connectivity index (χ4v) is 2.54. The molecule has 0 unspecified atom stereocenters. The Labute approximate surface area is 104 Å². The molecule has 0 aliphatic heterocycles. The number of nitrogens with one attached hydrogen (secondary N) is 1. The van der Waals surface area contributed by atoms with E-state index >= 15 is 0 Å². The molecule has 2 N–H and O–H groups in total. The summed E-state index contributed by atoms with van der Waals surface area (Å²) < 4.78 is 0. The second-order valence-corrected chi connectivity index (χ2v) is 5.68. The lowest BCUT2D eigenvalue weighted by Gasteiger charge is -2.35. The van der Waals surface area contributed by atoms with E-state index in [9.17, 15) is 9.90 Å². The Morgan fingerprint density at radius 1 is 1.35 bits per heavy atom. The first-order chi connectivity index (χ1) is 7.91. The second-order valence-electron chi connectivity index (χ2n) is 5.68. The molecule has 1 rings (SSSR count). The Bertz CT molecular complexity index is 248. The van der Waals surface area contributed by atoms with E-state index in [1.54, 1.807) is 0 Å². The van der Waals surface area contributed by atoms with Gasteiger partial charge in [-0.25, -0.2) is 0 Å². The summed E-state index contributed by atoms with van der Waals surface area (Å²) in [5.41, 5.74) is -0.578. The zero-order valence-electron chi connectivity index (χ0n) is 11.3. The summed E-state index contributed by atoms with van der Waals surface area (Å²) in [5, 5.41) is 13.2. The largest absolute Gasteiger partial charge is 0.389 e. The van der Waals surface area contributed by atoms with Gasteiger partial charge in [0.25, 0.3) is 0 Å². The minimum atomic E-state index is -0.578. The molecular weight excluding hydrogens is 216 g/mol. The molecule has 1 fully saturated rings. The maximum Gasteiger partial charge on any atom is 0.234 e. The number of hydrogen-bond donors (Lipinski definition) is 2. The average molecular weight is 242 g/mol. The van der Waals surface area contributed by atoms with Crippen LogP contribution in [0.25, 0.3) is 0 Å². The summed E-state index contributed by atoms with van der Waals surface area (Å²) in [6.45, 7) is 4.86. The molecule has 4 heteroatoms. The van der Waals surface area contributed by atoms with Crippen molar-refractivity contribution in [1.29, 1.82) is 0 Å². The SMILES string of the molecule is CC(C)NC(=O)CN(C)CC1(O)CCCCC1. The smallest absolute Gasteiger partial charge is 0.234 e. The first-order valence-electron chi connectivity index (χ1n) is 6.61. The third-order valence-corrected chi connectivity index (χ3v) is 3.21. The number of amides is 1. The lowest BCUT2D eigenvalue weighted by atomic mass is 9.84. The van der Waals surface area contributed by atoms with Crippen LogP contribution >= 0.6 is 0 Å². The minimum Gasteiger partial charge on any atom is -0.389 e. The van der Waals surface area contributed by atoms with Crippen LogP contribution in [0.1, 0.15) is 46.0 Å². The molecule has 0 aromatic rings. The monoisotopic (exact) mass is 242 g/mol. The molecule has 1 aliphatic carbocycles. The van der Waals surface area contributed by atoms with Gasteiger partial charge in [0.2, 0.25) is 5.91 Å². The van der Waals surface area contributed by atoms with Crippen molar-refractivity contribution in [2.45, 2.75) is 57.6 Å². The third kappa shape index (κ3) is 5.50. The fourth-order valence-electron chi connectivity index (χ4n) is 2.54. The van der Waals surface area contributed by atoms with Gasteiger partial charge in [-0.15, -0.1) is 0 Å². The van der Waals surface area contributed by atoms with Gasteiger partial charge in [0, 0.05) is 12.6 Å². The maximum absolute atomic E-state index is 11.6. The quantitative estimate of drug-likeness (QED) is 0.760. The number of hydrogen-bond acceptors (Lipinski definition) is 3. The van der Waals surface area contributed by atoms with Gasteiger partial charge in [-0.2, -0.15) is 0 Å². The van der Waals surface area contributed by atoms with Crippen molar-refractivity contribution in [3.8, 4) is 0 Å². The Hall–Kier alpha value is -0.610. The summed E-state index contributed by atoms with van der Waals surface area (Å²) in [5.74, 6) is 0.0295. The number of nitrogens with zero attached hydrogens (tertiary/aromatic N) is 1. The summed E-state index contributed by atoms with van der Waals surface area (Å²) in [7, 11) is 1.90. The highest BCUT2D eigenvalue weighted by molar-refractivity contribution is 5.78. The van der Waals surface area contributed by atoms with Crippen LogP contribution in [0.3, 0.4) is 0 Å². The van der Waals surface area contributed by atoms with E-state index in [2.05, 4.69) is 5.32 Å². The molecular formula is C13H26N2O2. The van der Waals surface area contributed by atoms with Crippen LogP contribution < -0.4 is 5.32 Å². The van der Waals surface area contributed by atoms with Gasteiger partial charge in [-0.3, -0.25) is 9.69 Å². The maximum atomic E-state index is 11.6. The number of carbonyl (C=O) groups excluding carboxylic acids is 1. The van der Waals surface area contributed by atoms with Gasteiger partial charge in [0.05, 0.1) is 12.1 Å². The topological polar surface area (TPSA) is 52.6 Å². The molecule has 0 atom stereocenters. The highest BCUT2D eigenvalue weighted by atomic mass is 16.3. The molecule has 1 saturated carbocycles. The third-order valence-electron chi connectivity index (χ3n) is 3.21. The standard InChI is InChI=1S/C13H26N2O2/c1-11(2)14-12(16)9-15(3)10-13(17)7-5-4-6-8-13/h11,17H,4-10H2,1-3H3,(H,14,16). The van der Waals surface area contributed by atoms with Gasteiger partial charge in [-0.1, -0.05) is 19.3 Å². The Balaban J connectivity index is 2.32. The molecule has 0 aromatic heterocycles. The van der Waals surface area contributed by atoms with Crippen LogP contribution in [0.5, 0.6) is 0 Å². The molecule has 0 radical (unpaired) electrons. The Morgan fingerprint density at radius 3 is 2.47 bits per heavy atom. The van der Waals surface area contributed by atoms with Gasteiger partial charge >= 0.3 is 0 Å². The molecule has 0 saturated heterocycles. The zero-order valence-corrected chi connectivity index (χ0v) is 11.3. The zero-order chi connectivity index (χ0) is 12.9. The first-order valence-corrected chi connectivity index (χ1v) is 6.61. The van der Waals surface area contributed by atoms with Gasteiger partial charge in [0.1, 0.15) is 0 Å². The van der Waals surface area contributed by atoms with E-state index in [-0.39, 0.29) is 11.9 Å². The molecule has 1 amide bonds. The highest BCUT2D eigenvalue weighted by Crippen LogP contribution is 2.28. The van der Waals surface area contributed by atoms with Crippen molar-refractivity contribution in [2.75, 3.05) is 20.1 Å². The Morgan fingerprint density at radius 2 is 1.94 bits per heavy atom. The predicted molar refractivity (Wildman–Crippen MR) is 68.8 cm³/mol. The van der Waals surface area contributed by atoms with Crippen LogP contribution in [0.15, 0.2) is 0 Å². The molecule has 0 bridgehead atoms. The molecule has 0 aromatic carbocycles. The summed E-state index contributed by atoms with van der Waals surface area (Å²) >= 11 is 0. The lowest BCUT2D eigenvalue weighted by Crippen LogP contribution is -2.46. The average Bonchev–Trinajstić information content (AvgIpc) is 2.15. The van der Waals surface area contributed by atoms with Gasteiger partial charge < -0.3 is 10.4 Å². The predicted octanol–water partition coefficient (Wildman–Crippen LogP) is 1.14. The van der Waals surface area contributed by atoms with Crippen LogP contribution in [-0.2, 0) is 4.79 Å². The van der Waals surface area contributed by atoms with Crippen molar-refractivity contribution < 1.29 is 9.90 Å². The first kappa shape index (κ1) is 14.5. The second kappa shape index (κ2) is 6.36. The van der Waals surface area contributed by atoms with Crippen molar-refractivity contribution in [1.82, 2.24) is 10.2 Å². The number of rotatable bonds is 5. The molecule has 100 valence electrons. The van der Waals surface area contributed by atoms with Gasteiger partial charge in [0.15, 0.2) is 0 Å². The van der Waals surface area contributed by atoms with Crippen molar-refractivity contribution >= 4 is 5.91 Å². The van der Waals surface area contributed by atoms with Crippen molar-refractivity contribution in [3.63, 3.8) is 0 Å². The van der Waals surface area contributed by atoms with E-state index in [0.717, 1.165) is 25.7 Å². The molecule has 0 spiro atoms. The lowest BCUT2D eigenvalue weighted by molar-refractivity contribution is -0.123.